The normalized spacial score (nSPS) is 21.9. The first-order valence-corrected chi connectivity index (χ1v) is 6.90. The molecule has 4 nitrogen and oxygen atoms in total. The molecular formula is C12H20N2O2S. The first kappa shape index (κ1) is 13.0. The van der Waals surface area contributed by atoms with E-state index in [-0.39, 0.29) is 0 Å². The van der Waals surface area contributed by atoms with Gasteiger partial charge in [0, 0.05) is 37.9 Å². The molecule has 1 saturated heterocycles. The Morgan fingerprint density at radius 3 is 3.24 bits per heavy atom. The average molecular weight is 256 g/mol. The van der Waals surface area contributed by atoms with Gasteiger partial charge in [-0.05, 0) is 13.3 Å². The van der Waals surface area contributed by atoms with Crippen molar-refractivity contribution in [3.8, 4) is 0 Å². The standard InChI is InChI=1S/C12H20N2O2S/c1-10-9-17-12(13-10)8-14-4-6-16-11(7-14)3-5-15-2/h9,11H,3-8H2,1-2H3/t11-/m1/s1. The van der Waals surface area contributed by atoms with E-state index in [0.29, 0.717) is 6.10 Å². The third-order valence-corrected chi connectivity index (χ3v) is 3.84. The van der Waals surface area contributed by atoms with E-state index in [1.807, 2.05) is 6.92 Å². The van der Waals surface area contributed by atoms with Crippen molar-refractivity contribution >= 4 is 11.3 Å². The number of aromatic nitrogens is 1. The molecule has 2 heterocycles. The molecule has 1 aliphatic rings. The molecule has 0 saturated carbocycles. The van der Waals surface area contributed by atoms with E-state index in [2.05, 4.69) is 15.3 Å². The summed E-state index contributed by atoms with van der Waals surface area (Å²) in [7, 11) is 1.74. The number of methoxy groups -OCH3 is 1. The Morgan fingerprint density at radius 2 is 2.53 bits per heavy atom. The summed E-state index contributed by atoms with van der Waals surface area (Å²) in [6, 6.07) is 0. The van der Waals surface area contributed by atoms with E-state index in [0.717, 1.165) is 45.0 Å². The van der Waals surface area contributed by atoms with Crippen LogP contribution in [0, 0.1) is 6.92 Å². The lowest BCUT2D eigenvalue weighted by Crippen LogP contribution is -2.42. The van der Waals surface area contributed by atoms with E-state index >= 15 is 0 Å². The molecule has 0 N–H and O–H groups in total. The molecule has 17 heavy (non-hydrogen) atoms. The SMILES string of the molecule is COCC[C@@H]1CN(Cc2nc(C)cs2)CCO1. The summed E-state index contributed by atoms with van der Waals surface area (Å²) in [6.45, 7) is 6.57. The van der Waals surface area contributed by atoms with Crippen molar-refractivity contribution in [1.29, 1.82) is 0 Å². The molecule has 5 heteroatoms. The third kappa shape index (κ3) is 4.03. The fourth-order valence-electron chi connectivity index (χ4n) is 2.01. The molecule has 0 radical (unpaired) electrons. The van der Waals surface area contributed by atoms with Crippen molar-refractivity contribution in [2.45, 2.75) is 26.0 Å². The molecule has 96 valence electrons. The first-order chi connectivity index (χ1) is 8.28. The Kier molecular flexibility index (Phi) is 4.91. The number of ether oxygens (including phenoxy) is 2. The van der Waals surface area contributed by atoms with Gasteiger partial charge in [0.05, 0.1) is 19.3 Å². The van der Waals surface area contributed by atoms with Crippen molar-refractivity contribution in [3.05, 3.63) is 16.1 Å². The predicted molar refractivity (Wildman–Crippen MR) is 68.4 cm³/mol. The average Bonchev–Trinajstić information content (AvgIpc) is 2.73. The summed E-state index contributed by atoms with van der Waals surface area (Å²) in [5.41, 5.74) is 1.12. The van der Waals surface area contributed by atoms with E-state index in [1.54, 1.807) is 18.4 Å². The van der Waals surface area contributed by atoms with Crippen LogP contribution in [-0.4, -0.2) is 49.4 Å². The molecule has 1 aliphatic heterocycles. The van der Waals surface area contributed by atoms with Gasteiger partial charge < -0.3 is 9.47 Å². The first-order valence-electron chi connectivity index (χ1n) is 6.02. The van der Waals surface area contributed by atoms with Crippen molar-refractivity contribution in [2.24, 2.45) is 0 Å². The fraction of sp³-hybridized carbons (Fsp3) is 0.750. The van der Waals surface area contributed by atoms with Gasteiger partial charge in [0.2, 0.25) is 0 Å². The van der Waals surface area contributed by atoms with Gasteiger partial charge in [-0.2, -0.15) is 0 Å². The zero-order valence-electron chi connectivity index (χ0n) is 10.5. The van der Waals surface area contributed by atoms with Gasteiger partial charge in [0.15, 0.2) is 0 Å². The minimum atomic E-state index is 0.310. The van der Waals surface area contributed by atoms with Gasteiger partial charge >= 0.3 is 0 Å². The lowest BCUT2D eigenvalue weighted by Gasteiger charge is -2.32. The monoisotopic (exact) mass is 256 g/mol. The molecule has 0 aliphatic carbocycles. The number of hydrogen-bond acceptors (Lipinski definition) is 5. The highest BCUT2D eigenvalue weighted by Gasteiger charge is 2.20. The van der Waals surface area contributed by atoms with Gasteiger partial charge in [0.1, 0.15) is 5.01 Å². The van der Waals surface area contributed by atoms with Crippen molar-refractivity contribution < 1.29 is 9.47 Å². The van der Waals surface area contributed by atoms with Crippen LogP contribution < -0.4 is 0 Å². The number of nitrogens with zero attached hydrogens (tertiary/aromatic N) is 2. The molecule has 2 rings (SSSR count). The van der Waals surface area contributed by atoms with Crippen LogP contribution in [0.2, 0.25) is 0 Å². The van der Waals surface area contributed by atoms with E-state index < -0.39 is 0 Å². The van der Waals surface area contributed by atoms with Gasteiger partial charge in [0.25, 0.3) is 0 Å². The second kappa shape index (κ2) is 6.44. The van der Waals surface area contributed by atoms with Crippen molar-refractivity contribution in [3.63, 3.8) is 0 Å². The molecule has 0 unspecified atom stereocenters. The van der Waals surface area contributed by atoms with Crippen LogP contribution >= 0.6 is 11.3 Å². The summed E-state index contributed by atoms with van der Waals surface area (Å²) in [6.07, 6.45) is 1.29. The predicted octanol–water partition coefficient (Wildman–Crippen LogP) is 1.69. The molecule has 1 aromatic heterocycles. The van der Waals surface area contributed by atoms with Crippen LogP contribution in [-0.2, 0) is 16.0 Å². The maximum atomic E-state index is 5.71. The topological polar surface area (TPSA) is 34.6 Å². The smallest absolute Gasteiger partial charge is 0.107 e. The van der Waals surface area contributed by atoms with Gasteiger partial charge in [-0.15, -0.1) is 11.3 Å². The minimum Gasteiger partial charge on any atom is -0.385 e. The number of rotatable bonds is 5. The molecule has 1 atom stereocenters. The highest BCUT2D eigenvalue weighted by Crippen LogP contribution is 2.15. The molecular weight excluding hydrogens is 236 g/mol. The highest BCUT2D eigenvalue weighted by molar-refractivity contribution is 7.09. The Labute approximate surface area is 107 Å². The van der Waals surface area contributed by atoms with Crippen LogP contribution in [0.5, 0.6) is 0 Å². The van der Waals surface area contributed by atoms with E-state index in [4.69, 9.17) is 9.47 Å². The zero-order chi connectivity index (χ0) is 12.1. The van der Waals surface area contributed by atoms with E-state index in [9.17, 15) is 0 Å². The summed E-state index contributed by atoms with van der Waals surface area (Å²) in [5, 5.41) is 3.31. The maximum absolute atomic E-state index is 5.71. The summed E-state index contributed by atoms with van der Waals surface area (Å²) in [5.74, 6) is 0. The number of thiazole rings is 1. The van der Waals surface area contributed by atoms with E-state index in [1.165, 1.54) is 5.01 Å². The van der Waals surface area contributed by atoms with Crippen LogP contribution in [0.25, 0.3) is 0 Å². The summed E-state index contributed by atoms with van der Waals surface area (Å²) >= 11 is 1.74. The minimum absolute atomic E-state index is 0.310. The Morgan fingerprint density at radius 1 is 1.65 bits per heavy atom. The number of hydrogen-bond donors (Lipinski definition) is 0. The van der Waals surface area contributed by atoms with Gasteiger partial charge in [-0.3, -0.25) is 4.90 Å². The molecule has 0 spiro atoms. The maximum Gasteiger partial charge on any atom is 0.107 e. The van der Waals surface area contributed by atoms with Crippen molar-refractivity contribution in [2.75, 3.05) is 33.4 Å². The molecule has 0 bridgehead atoms. The number of morpholine rings is 1. The molecule has 0 amide bonds. The molecule has 1 fully saturated rings. The Balaban J connectivity index is 1.80. The Bertz CT molecular complexity index is 343. The summed E-state index contributed by atoms with van der Waals surface area (Å²) < 4.78 is 10.8. The Hall–Kier alpha value is -0.490. The fourth-order valence-corrected chi connectivity index (χ4v) is 2.83. The second-order valence-electron chi connectivity index (χ2n) is 4.39. The van der Waals surface area contributed by atoms with Gasteiger partial charge in [-0.25, -0.2) is 4.98 Å². The molecule has 0 aromatic carbocycles. The second-order valence-corrected chi connectivity index (χ2v) is 5.33. The van der Waals surface area contributed by atoms with Crippen LogP contribution in [0.4, 0.5) is 0 Å². The van der Waals surface area contributed by atoms with Crippen molar-refractivity contribution in [1.82, 2.24) is 9.88 Å². The van der Waals surface area contributed by atoms with Crippen LogP contribution in [0.3, 0.4) is 0 Å². The van der Waals surface area contributed by atoms with Gasteiger partial charge in [-0.1, -0.05) is 0 Å². The largest absolute Gasteiger partial charge is 0.385 e. The lowest BCUT2D eigenvalue weighted by atomic mass is 10.2. The third-order valence-electron chi connectivity index (χ3n) is 2.89. The van der Waals surface area contributed by atoms with Crippen LogP contribution in [0.1, 0.15) is 17.1 Å². The molecule has 1 aromatic rings. The summed E-state index contributed by atoms with van der Waals surface area (Å²) in [4.78, 5) is 6.92. The quantitative estimate of drug-likeness (QED) is 0.803. The zero-order valence-corrected chi connectivity index (χ0v) is 11.3. The highest BCUT2D eigenvalue weighted by atomic mass is 32.1. The number of aryl methyl sites for hydroxylation is 1. The lowest BCUT2D eigenvalue weighted by molar-refractivity contribution is -0.0432. The van der Waals surface area contributed by atoms with Crippen LogP contribution in [0.15, 0.2) is 5.38 Å².